The summed E-state index contributed by atoms with van der Waals surface area (Å²) in [6.07, 6.45) is -4.02. The number of piperidine rings is 1. The van der Waals surface area contributed by atoms with Gasteiger partial charge in [0.2, 0.25) is 0 Å². The highest BCUT2D eigenvalue weighted by molar-refractivity contribution is 5.68. The van der Waals surface area contributed by atoms with Crippen molar-refractivity contribution in [1.29, 1.82) is 0 Å². The second-order valence-corrected chi connectivity index (χ2v) is 10.9. The van der Waals surface area contributed by atoms with Crippen LogP contribution < -0.4 is 9.80 Å². The number of anilines is 2. The monoisotopic (exact) mass is 508 g/mol. The molecule has 5 rings (SSSR count). The highest BCUT2D eigenvalue weighted by Crippen LogP contribution is 2.48. The summed E-state index contributed by atoms with van der Waals surface area (Å²) in [5.41, 5.74) is 5.78. The number of alkyl halides is 3. The molecular weight excluding hydrogens is 473 g/mol. The maximum Gasteiger partial charge on any atom is 0.416 e. The number of aliphatic hydroxyl groups excluding tert-OH is 1. The second kappa shape index (κ2) is 10.1. The molecule has 3 aromatic carbocycles. The lowest BCUT2D eigenvalue weighted by atomic mass is 9.71. The van der Waals surface area contributed by atoms with Crippen LogP contribution in [0.5, 0.6) is 0 Å². The Morgan fingerprint density at radius 1 is 1.03 bits per heavy atom. The maximum atomic E-state index is 13.4. The van der Waals surface area contributed by atoms with Crippen molar-refractivity contribution in [3.05, 3.63) is 95.1 Å². The van der Waals surface area contributed by atoms with Gasteiger partial charge in [-0.25, -0.2) is 0 Å². The van der Waals surface area contributed by atoms with Gasteiger partial charge in [0.05, 0.1) is 6.54 Å². The molecule has 3 atom stereocenters. The minimum Gasteiger partial charge on any atom is -0.382 e. The Bertz CT molecular complexity index is 1240. The molecule has 0 spiro atoms. The standard InChI is InChI=1S/C31H35F3N2O/c1-22-8-5-10-24(16-22)18-30(25-11-6-12-26(17-25)35-15-7-9-23(2)19-35)21-36(20-29(37)31(32,33)34)28-14-4-3-13-27(28)30/h3-6,8,10-14,16-17,23,29,37H,7,9,15,18-21H2,1-2H3/t23-,29+,30?/m0/s1. The second-order valence-electron chi connectivity index (χ2n) is 10.9. The molecule has 2 aliphatic rings. The van der Waals surface area contributed by atoms with Crippen molar-refractivity contribution in [3.63, 3.8) is 0 Å². The highest BCUT2D eigenvalue weighted by Gasteiger charge is 2.47. The molecule has 1 saturated heterocycles. The molecule has 196 valence electrons. The summed E-state index contributed by atoms with van der Waals surface area (Å²) in [7, 11) is 0. The first-order chi connectivity index (χ1) is 17.7. The Morgan fingerprint density at radius 2 is 1.81 bits per heavy atom. The number of hydrogen-bond donors (Lipinski definition) is 1. The van der Waals surface area contributed by atoms with Crippen LogP contribution in [-0.2, 0) is 11.8 Å². The number of halogens is 3. The predicted molar refractivity (Wildman–Crippen MR) is 143 cm³/mol. The third-order valence-corrected chi connectivity index (χ3v) is 8.00. The van der Waals surface area contributed by atoms with Gasteiger partial charge in [0.15, 0.2) is 6.10 Å². The zero-order valence-electron chi connectivity index (χ0n) is 21.5. The van der Waals surface area contributed by atoms with Gasteiger partial charge in [-0.2, -0.15) is 13.2 Å². The van der Waals surface area contributed by atoms with E-state index in [1.54, 1.807) is 4.90 Å². The number of fused-ring (bicyclic) bond motifs is 1. The first kappa shape index (κ1) is 25.7. The molecule has 0 radical (unpaired) electrons. The Balaban J connectivity index is 1.61. The molecular formula is C31H35F3N2O. The number of para-hydroxylation sites is 1. The minimum absolute atomic E-state index is 0.368. The molecule has 37 heavy (non-hydrogen) atoms. The average Bonchev–Trinajstić information content (AvgIpc) is 3.18. The fourth-order valence-electron chi connectivity index (χ4n) is 6.22. The quantitative estimate of drug-likeness (QED) is 0.412. The topological polar surface area (TPSA) is 26.7 Å². The summed E-state index contributed by atoms with van der Waals surface area (Å²) >= 11 is 0. The van der Waals surface area contributed by atoms with Gasteiger partial charge in [0.1, 0.15) is 0 Å². The lowest BCUT2D eigenvalue weighted by Gasteiger charge is -2.36. The summed E-state index contributed by atoms with van der Waals surface area (Å²) in [5.74, 6) is 0.630. The van der Waals surface area contributed by atoms with Gasteiger partial charge in [0.25, 0.3) is 0 Å². The molecule has 1 unspecified atom stereocenters. The molecule has 0 saturated carbocycles. The zero-order valence-corrected chi connectivity index (χ0v) is 21.5. The van der Waals surface area contributed by atoms with Crippen LogP contribution in [0, 0.1) is 12.8 Å². The van der Waals surface area contributed by atoms with Gasteiger partial charge in [-0.05, 0) is 67.0 Å². The van der Waals surface area contributed by atoms with E-state index in [0.717, 1.165) is 47.5 Å². The lowest BCUT2D eigenvalue weighted by Crippen LogP contribution is -2.44. The smallest absolute Gasteiger partial charge is 0.382 e. The predicted octanol–water partition coefficient (Wildman–Crippen LogP) is 6.50. The fraction of sp³-hybridized carbons (Fsp3) is 0.419. The molecule has 0 aromatic heterocycles. The Hall–Kier alpha value is -2.99. The number of aliphatic hydroxyl groups is 1. The van der Waals surface area contributed by atoms with E-state index in [0.29, 0.717) is 18.9 Å². The highest BCUT2D eigenvalue weighted by atomic mass is 19.4. The van der Waals surface area contributed by atoms with E-state index >= 15 is 0 Å². The summed E-state index contributed by atoms with van der Waals surface area (Å²) < 4.78 is 40.2. The number of aryl methyl sites for hydroxylation is 1. The van der Waals surface area contributed by atoms with Crippen molar-refractivity contribution in [1.82, 2.24) is 0 Å². The summed E-state index contributed by atoms with van der Waals surface area (Å²) in [6.45, 7) is 6.25. The van der Waals surface area contributed by atoms with Crippen LogP contribution in [0.25, 0.3) is 0 Å². The van der Waals surface area contributed by atoms with E-state index in [1.165, 1.54) is 12.1 Å². The molecule has 1 fully saturated rings. The van der Waals surface area contributed by atoms with E-state index < -0.39 is 24.2 Å². The largest absolute Gasteiger partial charge is 0.416 e. The number of rotatable bonds is 6. The number of nitrogens with zero attached hydrogens (tertiary/aromatic N) is 2. The Kier molecular flexibility index (Phi) is 6.97. The van der Waals surface area contributed by atoms with Gasteiger partial charge in [-0.1, -0.05) is 67.1 Å². The van der Waals surface area contributed by atoms with Gasteiger partial charge >= 0.3 is 6.18 Å². The average molecular weight is 509 g/mol. The fourth-order valence-corrected chi connectivity index (χ4v) is 6.22. The minimum atomic E-state index is -4.67. The molecule has 2 aliphatic heterocycles. The van der Waals surface area contributed by atoms with Crippen molar-refractivity contribution in [3.8, 4) is 0 Å². The van der Waals surface area contributed by atoms with Crippen molar-refractivity contribution >= 4 is 11.4 Å². The van der Waals surface area contributed by atoms with E-state index in [9.17, 15) is 18.3 Å². The van der Waals surface area contributed by atoms with Gasteiger partial charge < -0.3 is 14.9 Å². The third-order valence-electron chi connectivity index (χ3n) is 8.00. The van der Waals surface area contributed by atoms with Crippen molar-refractivity contribution < 1.29 is 18.3 Å². The molecule has 0 bridgehead atoms. The van der Waals surface area contributed by atoms with Crippen LogP contribution in [0.1, 0.15) is 42.0 Å². The number of hydrogen-bond acceptors (Lipinski definition) is 3. The van der Waals surface area contributed by atoms with Crippen LogP contribution >= 0.6 is 0 Å². The Labute approximate surface area is 217 Å². The van der Waals surface area contributed by atoms with Crippen molar-refractivity contribution in [2.45, 2.75) is 50.8 Å². The van der Waals surface area contributed by atoms with Crippen LogP contribution in [0.4, 0.5) is 24.5 Å². The third kappa shape index (κ3) is 5.22. The van der Waals surface area contributed by atoms with E-state index in [-0.39, 0.29) is 0 Å². The molecule has 0 aliphatic carbocycles. The van der Waals surface area contributed by atoms with Crippen LogP contribution in [0.15, 0.2) is 72.8 Å². The Morgan fingerprint density at radius 3 is 2.57 bits per heavy atom. The molecule has 3 aromatic rings. The summed E-state index contributed by atoms with van der Waals surface area (Å²) in [5, 5.41) is 10.0. The van der Waals surface area contributed by atoms with E-state index in [4.69, 9.17) is 0 Å². The van der Waals surface area contributed by atoms with Crippen molar-refractivity contribution in [2.75, 3.05) is 36.0 Å². The van der Waals surface area contributed by atoms with Gasteiger partial charge in [-0.15, -0.1) is 0 Å². The van der Waals surface area contributed by atoms with Crippen LogP contribution in [-0.4, -0.2) is 43.6 Å². The molecule has 3 nitrogen and oxygen atoms in total. The number of β-amino-alcohol motifs (C(OH)–C–C–N with tert-alkyl or cyclic N) is 1. The summed E-state index contributed by atoms with van der Waals surface area (Å²) in [6, 6.07) is 24.7. The van der Waals surface area contributed by atoms with E-state index in [1.807, 2.05) is 30.3 Å². The van der Waals surface area contributed by atoms with Crippen LogP contribution in [0.3, 0.4) is 0 Å². The van der Waals surface area contributed by atoms with Crippen LogP contribution in [0.2, 0.25) is 0 Å². The lowest BCUT2D eigenvalue weighted by molar-refractivity contribution is -0.200. The molecule has 6 heteroatoms. The van der Waals surface area contributed by atoms with Gasteiger partial charge in [-0.3, -0.25) is 0 Å². The van der Waals surface area contributed by atoms with Gasteiger partial charge in [0, 0.05) is 36.4 Å². The molecule has 0 amide bonds. The van der Waals surface area contributed by atoms with E-state index in [2.05, 4.69) is 61.2 Å². The zero-order chi connectivity index (χ0) is 26.2. The summed E-state index contributed by atoms with van der Waals surface area (Å²) in [4.78, 5) is 4.16. The molecule has 1 N–H and O–H groups in total. The first-order valence-corrected chi connectivity index (χ1v) is 13.2. The SMILES string of the molecule is Cc1cccc(CC2(c3cccc(N4CCC[C@H](C)C4)c3)CN(C[C@@H](O)C(F)(F)F)c3ccccc32)c1. The first-order valence-electron chi connectivity index (χ1n) is 13.2. The molecule has 2 heterocycles. The normalized spacial score (nSPS) is 22.7. The van der Waals surface area contributed by atoms with Crippen molar-refractivity contribution in [2.24, 2.45) is 5.92 Å². The number of benzene rings is 3. The maximum absolute atomic E-state index is 13.4.